The minimum absolute atomic E-state index is 0.00441. The fourth-order valence-corrected chi connectivity index (χ4v) is 4.42. The summed E-state index contributed by atoms with van der Waals surface area (Å²) in [5.74, 6) is -0.333. The minimum atomic E-state index is -3.46. The molecule has 3 aromatic rings. The monoisotopic (exact) mass is 464 g/mol. The van der Waals surface area contributed by atoms with E-state index in [1.165, 1.54) is 18.2 Å². The van der Waals surface area contributed by atoms with Gasteiger partial charge in [0.15, 0.2) is 16.4 Å². The zero-order valence-corrected chi connectivity index (χ0v) is 18.1. The Morgan fingerprint density at radius 1 is 0.867 bits per heavy atom. The van der Waals surface area contributed by atoms with Crippen LogP contribution < -0.4 is 4.74 Å². The first-order valence-electron chi connectivity index (χ1n) is 8.92. The Kier molecular flexibility index (Phi) is 7.37. The van der Waals surface area contributed by atoms with Crippen LogP contribution in [0, 0.1) is 0 Å². The van der Waals surface area contributed by atoms with Crippen molar-refractivity contribution in [1.29, 1.82) is 0 Å². The van der Waals surface area contributed by atoms with Gasteiger partial charge in [0.05, 0.1) is 15.7 Å². The lowest BCUT2D eigenvalue weighted by Gasteiger charge is -2.09. The number of esters is 1. The number of hydrogen-bond donors (Lipinski definition) is 0. The summed E-state index contributed by atoms with van der Waals surface area (Å²) >= 11 is 11.8. The molecule has 0 radical (unpaired) electrons. The molecule has 0 aliphatic carbocycles. The molecule has 0 spiro atoms. The Hall–Kier alpha value is -2.54. The van der Waals surface area contributed by atoms with Crippen LogP contribution in [0.2, 0.25) is 10.0 Å². The van der Waals surface area contributed by atoms with Gasteiger partial charge in [0.2, 0.25) is 0 Å². The molecule has 0 saturated carbocycles. The summed E-state index contributed by atoms with van der Waals surface area (Å²) in [6.45, 7) is -0.319. The molecule has 3 aromatic carbocycles. The summed E-state index contributed by atoms with van der Waals surface area (Å²) < 4.78 is 35.5. The summed E-state index contributed by atoms with van der Waals surface area (Å²) in [6.07, 6.45) is 0. The van der Waals surface area contributed by atoms with Crippen LogP contribution in [0.1, 0.15) is 11.1 Å². The van der Waals surface area contributed by atoms with Crippen LogP contribution in [-0.2, 0) is 31.7 Å². The largest absolute Gasteiger partial charge is 0.480 e. The summed E-state index contributed by atoms with van der Waals surface area (Å²) in [6, 6.07) is 19.9. The molecule has 0 bridgehead atoms. The molecule has 0 saturated heterocycles. The van der Waals surface area contributed by atoms with E-state index in [-0.39, 0.29) is 23.9 Å². The Balaban J connectivity index is 1.52. The van der Waals surface area contributed by atoms with Crippen molar-refractivity contribution in [1.82, 2.24) is 0 Å². The van der Waals surface area contributed by atoms with Crippen molar-refractivity contribution in [2.45, 2.75) is 17.3 Å². The van der Waals surface area contributed by atoms with Gasteiger partial charge in [-0.15, -0.1) is 0 Å². The van der Waals surface area contributed by atoms with Crippen LogP contribution in [0.25, 0.3) is 0 Å². The van der Waals surface area contributed by atoms with E-state index in [2.05, 4.69) is 0 Å². The molecule has 0 aromatic heterocycles. The normalized spacial score (nSPS) is 11.1. The van der Waals surface area contributed by atoms with Gasteiger partial charge < -0.3 is 9.47 Å². The number of hydrogen-bond acceptors (Lipinski definition) is 5. The van der Waals surface area contributed by atoms with Gasteiger partial charge in [-0.2, -0.15) is 0 Å². The molecule has 0 aliphatic rings. The quantitative estimate of drug-likeness (QED) is 0.434. The van der Waals surface area contributed by atoms with Crippen molar-refractivity contribution in [2.75, 3.05) is 6.61 Å². The first kappa shape index (κ1) is 22.2. The molecule has 0 amide bonds. The Bertz CT molecular complexity index is 1110. The van der Waals surface area contributed by atoms with Gasteiger partial charge in [-0.25, -0.2) is 13.2 Å². The average Bonchev–Trinajstić information content (AvgIpc) is 2.72. The number of carbonyl (C=O) groups excluding carboxylic acids is 1. The van der Waals surface area contributed by atoms with E-state index >= 15 is 0 Å². The second-order valence-corrected chi connectivity index (χ2v) is 9.25. The van der Waals surface area contributed by atoms with Gasteiger partial charge in [-0.3, -0.25) is 0 Å². The summed E-state index contributed by atoms with van der Waals surface area (Å²) in [5, 5.41) is 0.756. The van der Waals surface area contributed by atoms with Gasteiger partial charge in [0, 0.05) is 5.02 Å². The molecule has 156 valence electrons. The van der Waals surface area contributed by atoms with Crippen molar-refractivity contribution in [3.05, 3.63) is 94.0 Å². The standard InChI is InChI=1S/C22H18Cl2O5S/c23-18-8-11-21(20(24)12-18)28-14-22(25)29-13-16-6-9-19(10-7-16)30(26,27)15-17-4-2-1-3-5-17/h1-12H,13-15H2. The molecule has 8 heteroatoms. The average molecular weight is 465 g/mol. The highest BCUT2D eigenvalue weighted by molar-refractivity contribution is 7.90. The zero-order chi connectivity index (χ0) is 21.6. The number of sulfone groups is 1. The third kappa shape index (κ3) is 6.23. The summed E-state index contributed by atoms with van der Waals surface area (Å²) in [4.78, 5) is 12.1. The summed E-state index contributed by atoms with van der Waals surface area (Å²) in [7, 11) is -3.46. The molecular weight excluding hydrogens is 447 g/mol. The Labute approximate surface area is 185 Å². The maximum atomic E-state index is 12.5. The SMILES string of the molecule is O=C(COc1ccc(Cl)cc1Cl)OCc1ccc(S(=O)(=O)Cc2ccccc2)cc1. The van der Waals surface area contributed by atoms with Crippen LogP contribution in [0.3, 0.4) is 0 Å². The van der Waals surface area contributed by atoms with Crippen LogP contribution >= 0.6 is 23.2 Å². The van der Waals surface area contributed by atoms with Crippen molar-refractivity contribution in [3.8, 4) is 5.75 Å². The van der Waals surface area contributed by atoms with Crippen LogP contribution in [0.15, 0.2) is 77.7 Å². The van der Waals surface area contributed by atoms with E-state index < -0.39 is 15.8 Å². The van der Waals surface area contributed by atoms with Gasteiger partial charge in [-0.1, -0.05) is 65.7 Å². The van der Waals surface area contributed by atoms with Crippen LogP contribution in [0.5, 0.6) is 5.75 Å². The third-order valence-electron chi connectivity index (χ3n) is 4.12. The number of halogens is 2. The zero-order valence-electron chi connectivity index (χ0n) is 15.8. The van der Waals surface area contributed by atoms with Gasteiger partial charge in [0.25, 0.3) is 0 Å². The number of carbonyl (C=O) groups is 1. The predicted molar refractivity (Wildman–Crippen MR) is 116 cm³/mol. The maximum absolute atomic E-state index is 12.5. The van der Waals surface area contributed by atoms with Crippen molar-refractivity contribution in [3.63, 3.8) is 0 Å². The van der Waals surface area contributed by atoms with E-state index in [4.69, 9.17) is 32.7 Å². The van der Waals surface area contributed by atoms with E-state index in [0.717, 1.165) is 5.56 Å². The van der Waals surface area contributed by atoms with Crippen molar-refractivity contribution >= 4 is 39.0 Å². The van der Waals surface area contributed by atoms with E-state index in [9.17, 15) is 13.2 Å². The molecule has 3 rings (SSSR count). The van der Waals surface area contributed by atoms with Gasteiger partial charge >= 0.3 is 5.97 Å². The van der Waals surface area contributed by atoms with Gasteiger partial charge in [-0.05, 0) is 41.5 Å². The van der Waals surface area contributed by atoms with Crippen molar-refractivity contribution < 1.29 is 22.7 Å². The molecule has 0 N–H and O–H groups in total. The number of rotatable bonds is 8. The summed E-state index contributed by atoms with van der Waals surface area (Å²) in [5.41, 5.74) is 1.38. The fraction of sp³-hybridized carbons (Fsp3) is 0.136. The lowest BCUT2D eigenvalue weighted by molar-refractivity contribution is -0.147. The second-order valence-electron chi connectivity index (χ2n) is 6.41. The smallest absolute Gasteiger partial charge is 0.344 e. The molecule has 0 atom stereocenters. The molecule has 0 fully saturated rings. The van der Waals surface area contributed by atoms with E-state index in [1.54, 1.807) is 48.5 Å². The highest BCUT2D eigenvalue weighted by Gasteiger charge is 2.15. The predicted octanol–water partition coefficient (Wildman–Crippen LogP) is 5.09. The molecule has 5 nitrogen and oxygen atoms in total. The Morgan fingerprint density at radius 2 is 1.57 bits per heavy atom. The van der Waals surface area contributed by atoms with Crippen molar-refractivity contribution in [2.24, 2.45) is 0 Å². The lowest BCUT2D eigenvalue weighted by Crippen LogP contribution is -2.15. The minimum Gasteiger partial charge on any atom is -0.480 e. The number of ether oxygens (including phenoxy) is 2. The van der Waals surface area contributed by atoms with Crippen LogP contribution in [-0.4, -0.2) is 21.0 Å². The first-order valence-corrected chi connectivity index (χ1v) is 11.3. The second kappa shape index (κ2) is 9.98. The molecular formula is C22H18Cl2O5S. The Morgan fingerprint density at radius 3 is 2.23 bits per heavy atom. The van der Waals surface area contributed by atoms with E-state index in [1.807, 2.05) is 6.07 Å². The highest BCUT2D eigenvalue weighted by Crippen LogP contribution is 2.27. The molecule has 0 aliphatic heterocycles. The molecule has 0 unspecified atom stereocenters. The highest BCUT2D eigenvalue weighted by atomic mass is 35.5. The fourth-order valence-electron chi connectivity index (χ4n) is 2.60. The topological polar surface area (TPSA) is 69.7 Å². The third-order valence-corrected chi connectivity index (χ3v) is 6.36. The lowest BCUT2D eigenvalue weighted by atomic mass is 10.2. The number of benzene rings is 3. The van der Waals surface area contributed by atoms with Gasteiger partial charge in [0.1, 0.15) is 12.4 Å². The van der Waals surface area contributed by atoms with E-state index in [0.29, 0.717) is 21.4 Å². The molecule has 30 heavy (non-hydrogen) atoms. The molecule has 0 heterocycles. The maximum Gasteiger partial charge on any atom is 0.344 e. The van der Waals surface area contributed by atoms with Crippen LogP contribution in [0.4, 0.5) is 0 Å². The first-order chi connectivity index (χ1) is 14.3.